The van der Waals surface area contributed by atoms with Crippen LogP contribution < -0.4 is 0 Å². The van der Waals surface area contributed by atoms with E-state index in [0.29, 0.717) is 13.1 Å². The second kappa shape index (κ2) is 7.65. The first-order chi connectivity index (χ1) is 10.5. The van der Waals surface area contributed by atoms with Gasteiger partial charge in [0.1, 0.15) is 17.7 Å². The Labute approximate surface area is 129 Å². The Bertz CT molecular complexity index is 525. The van der Waals surface area contributed by atoms with Gasteiger partial charge >= 0.3 is 5.97 Å². The zero-order valence-corrected chi connectivity index (χ0v) is 12.8. The second-order valence-corrected chi connectivity index (χ2v) is 5.64. The van der Waals surface area contributed by atoms with Crippen LogP contribution in [-0.2, 0) is 4.79 Å². The third kappa shape index (κ3) is 4.01. The fourth-order valence-electron chi connectivity index (χ4n) is 3.00. The van der Waals surface area contributed by atoms with Crippen LogP contribution in [0.5, 0.6) is 0 Å². The van der Waals surface area contributed by atoms with Gasteiger partial charge in [-0.25, -0.2) is 8.78 Å². The Morgan fingerprint density at radius 3 is 2.73 bits per heavy atom. The van der Waals surface area contributed by atoms with Crippen LogP contribution >= 0.6 is 0 Å². The molecule has 1 aromatic rings. The highest BCUT2D eigenvalue weighted by Crippen LogP contribution is 2.26. The van der Waals surface area contributed by atoms with Crippen LogP contribution in [0.25, 0.3) is 0 Å². The minimum atomic E-state index is -1.14. The molecule has 0 saturated carbocycles. The van der Waals surface area contributed by atoms with Gasteiger partial charge < -0.3 is 10.0 Å². The van der Waals surface area contributed by atoms with Gasteiger partial charge in [-0.2, -0.15) is 0 Å². The number of benzene rings is 1. The lowest BCUT2D eigenvalue weighted by molar-refractivity contribution is -0.143. The number of aliphatic carboxylic acids is 1. The number of carboxylic acid groups (broad SMARTS) is 1. The highest BCUT2D eigenvalue weighted by Gasteiger charge is 2.31. The lowest BCUT2D eigenvalue weighted by Crippen LogP contribution is -2.38. The molecule has 1 aliphatic heterocycles. The van der Waals surface area contributed by atoms with Crippen LogP contribution in [0.3, 0.4) is 0 Å². The molecule has 0 aliphatic carbocycles. The number of carbonyl (C=O) groups is 1. The van der Waals surface area contributed by atoms with Gasteiger partial charge in [0.15, 0.2) is 0 Å². The molecule has 0 unspecified atom stereocenters. The average Bonchev–Trinajstić information content (AvgIpc) is 2.69. The molecule has 6 heteroatoms. The lowest BCUT2D eigenvalue weighted by Gasteiger charge is -2.28. The molecule has 0 radical (unpaired) electrons. The highest BCUT2D eigenvalue weighted by atomic mass is 19.1. The first kappa shape index (κ1) is 16.8. The van der Waals surface area contributed by atoms with Gasteiger partial charge in [0.25, 0.3) is 0 Å². The van der Waals surface area contributed by atoms with Crippen molar-refractivity contribution in [2.45, 2.75) is 25.8 Å². The highest BCUT2D eigenvalue weighted by molar-refractivity contribution is 5.75. The van der Waals surface area contributed by atoms with Crippen LogP contribution in [0.4, 0.5) is 8.78 Å². The Hall–Kier alpha value is -1.53. The van der Waals surface area contributed by atoms with Gasteiger partial charge in [-0.1, -0.05) is 6.92 Å². The van der Waals surface area contributed by atoms with Gasteiger partial charge in [0, 0.05) is 25.2 Å². The number of halogens is 2. The van der Waals surface area contributed by atoms with E-state index in [1.807, 2.05) is 0 Å². The van der Waals surface area contributed by atoms with E-state index in [1.165, 1.54) is 0 Å². The van der Waals surface area contributed by atoms with Crippen molar-refractivity contribution < 1.29 is 18.7 Å². The molecule has 0 bridgehead atoms. The maximum Gasteiger partial charge on any atom is 0.325 e. The number of nitrogens with zero attached hydrogens (tertiary/aromatic N) is 2. The van der Waals surface area contributed by atoms with Gasteiger partial charge in [-0.05, 0) is 44.1 Å². The van der Waals surface area contributed by atoms with Crippen molar-refractivity contribution in [3.8, 4) is 0 Å². The summed E-state index contributed by atoms with van der Waals surface area (Å²) >= 11 is 0. The Morgan fingerprint density at radius 2 is 2.05 bits per heavy atom. The molecule has 1 saturated heterocycles. The Morgan fingerprint density at radius 1 is 1.27 bits per heavy atom. The van der Waals surface area contributed by atoms with E-state index in [9.17, 15) is 18.7 Å². The standard InChI is InChI=1S/C16H22F2N2O2/c1-2-6-19-7-3-8-20(10-9-19)15(16(21)22)13-11-12(17)4-5-14(13)18/h4-5,11,15H,2-3,6-10H2,1H3,(H,21,22)/t15-/m1/s1. The number of rotatable bonds is 5. The molecule has 0 amide bonds. The van der Waals surface area contributed by atoms with Crippen LogP contribution in [0.1, 0.15) is 31.4 Å². The van der Waals surface area contributed by atoms with Crippen LogP contribution in [0.15, 0.2) is 18.2 Å². The summed E-state index contributed by atoms with van der Waals surface area (Å²) in [5.74, 6) is -2.44. The third-order valence-corrected chi connectivity index (χ3v) is 4.01. The summed E-state index contributed by atoms with van der Waals surface area (Å²) in [5, 5.41) is 9.51. The molecule has 122 valence electrons. The average molecular weight is 312 g/mol. The van der Waals surface area contributed by atoms with Gasteiger partial charge in [0.05, 0.1) is 0 Å². The molecular weight excluding hydrogens is 290 g/mol. The number of hydrogen-bond acceptors (Lipinski definition) is 3. The molecule has 1 N–H and O–H groups in total. The van der Waals surface area contributed by atoms with Crippen LogP contribution in [0, 0.1) is 11.6 Å². The summed E-state index contributed by atoms with van der Waals surface area (Å²) in [7, 11) is 0. The molecule has 1 heterocycles. The molecule has 2 rings (SSSR count). The van der Waals surface area contributed by atoms with E-state index in [4.69, 9.17) is 0 Å². The van der Waals surface area contributed by atoms with E-state index in [-0.39, 0.29) is 5.56 Å². The van der Waals surface area contributed by atoms with Crippen LogP contribution in [0.2, 0.25) is 0 Å². The van der Waals surface area contributed by atoms with Crippen molar-refractivity contribution in [2.75, 3.05) is 32.7 Å². The maximum absolute atomic E-state index is 14.0. The third-order valence-electron chi connectivity index (χ3n) is 4.01. The summed E-state index contributed by atoms with van der Waals surface area (Å²) in [6.07, 6.45) is 1.86. The van der Waals surface area contributed by atoms with Crippen LogP contribution in [-0.4, -0.2) is 53.6 Å². The summed E-state index contributed by atoms with van der Waals surface area (Å²) in [6, 6.07) is 1.84. The Kier molecular flexibility index (Phi) is 5.85. The Balaban J connectivity index is 2.21. The predicted molar refractivity (Wildman–Crippen MR) is 79.7 cm³/mol. The molecule has 1 fully saturated rings. The monoisotopic (exact) mass is 312 g/mol. The number of carboxylic acids is 1. The molecule has 0 spiro atoms. The van der Waals surface area contributed by atoms with E-state index in [2.05, 4.69) is 11.8 Å². The smallest absolute Gasteiger partial charge is 0.325 e. The zero-order chi connectivity index (χ0) is 16.1. The molecule has 1 aliphatic rings. The summed E-state index contributed by atoms with van der Waals surface area (Å²) in [5.41, 5.74) is -0.101. The van der Waals surface area contributed by atoms with E-state index in [1.54, 1.807) is 4.90 Å². The quantitative estimate of drug-likeness (QED) is 0.907. The molecule has 22 heavy (non-hydrogen) atoms. The van der Waals surface area contributed by atoms with Crippen molar-refractivity contribution in [3.63, 3.8) is 0 Å². The molecule has 4 nitrogen and oxygen atoms in total. The fraction of sp³-hybridized carbons (Fsp3) is 0.562. The SMILES string of the molecule is CCCN1CCCN([C@@H](C(=O)O)c2cc(F)ccc2F)CC1. The van der Waals surface area contributed by atoms with Crippen molar-refractivity contribution in [3.05, 3.63) is 35.4 Å². The topological polar surface area (TPSA) is 43.8 Å². The van der Waals surface area contributed by atoms with E-state index >= 15 is 0 Å². The van der Waals surface area contributed by atoms with Crippen molar-refractivity contribution in [1.29, 1.82) is 0 Å². The molecule has 1 aromatic carbocycles. The van der Waals surface area contributed by atoms with Crippen molar-refractivity contribution >= 4 is 5.97 Å². The predicted octanol–water partition coefficient (Wildman–Crippen LogP) is 2.51. The molecular formula is C16H22F2N2O2. The lowest BCUT2D eigenvalue weighted by atomic mass is 10.0. The minimum Gasteiger partial charge on any atom is -0.480 e. The zero-order valence-electron chi connectivity index (χ0n) is 12.8. The van der Waals surface area contributed by atoms with E-state index in [0.717, 1.165) is 50.7 Å². The van der Waals surface area contributed by atoms with Crippen molar-refractivity contribution in [2.24, 2.45) is 0 Å². The first-order valence-electron chi connectivity index (χ1n) is 7.67. The molecule has 1 atom stereocenters. The number of hydrogen-bond donors (Lipinski definition) is 1. The summed E-state index contributed by atoms with van der Waals surface area (Å²) in [4.78, 5) is 15.6. The maximum atomic E-state index is 14.0. The van der Waals surface area contributed by atoms with Gasteiger partial charge in [-0.15, -0.1) is 0 Å². The molecule has 0 aromatic heterocycles. The minimum absolute atomic E-state index is 0.101. The first-order valence-corrected chi connectivity index (χ1v) is 7.67. The normalized spacial score (nSPS) is 18.9. The largest absolute Gasteiger partial charge is 0.480 e. The van der Waals surface area contributed by atoms with Gasteiger partial charge in [-0.3, -0.25) is 9.69 Å². The second-order valence-electron chi connectivity index (χ2n) is 5.64. The fourth-order valence-corrected chi connectivity index (χ4v) is 3.00. The summed E-state index contributed by atoms with van der Waals surface area (Å²) in [6.45, 7) is 5.82. The van der Waals surface area contributed by atoms with Gasteiger partial charge in [0.2, 0.25) is 0 Å². The van der Waals surface area contributed by atoms with E-state index < -0.39 is 23.6 Å². The summed E-state index contributed by atoms with van der Waals surface area (Å²) < 4.78 is 27.4. The van der Waals surface area contributed by atoms with Crippen molar-refractivity contribution in [1.82, 2.24) is 9.80 Å².